The van der Waals surface area contributed by atoms with Crippen molar-refractivity contribution >= 4 is 47.2 Å². The average Bonchev–Trinajstić information content (AvgIpc) is 3.26. The van der Waals surface area contributed by atoms with Crippen LogP contribution in [0.15, 0.2) is 33.2 Å². The van der Waals surface area contributed by atoms with Crippen molar-refractivity contribution in [3.8, 4) is 0 Å². The van der Waals surface area contributed by atoms with Gasteiger partial charge >= 0.3 is 0 Å². The van der Waals surface area contributed by atoms with Gasteiger partial charge in [-0.05, 0) is 25.0 Å². The van der Waals surface area contributed by atoms with Crippen molar-refractivity contribution in [2.75, 3.05) is 13.1 Å². The van der Waals surface area contributed by atoms with Gasteiger partial charge in [0.15, 0.2) is 5.96 Å². The Labute approximate surface area is 175 Å². The first-order valence-electron chi connectivity index (χ1n) is 8.34. The number of amides is 1. The molecule has 0 spiro atoms. The highest BCUT2D eigenvalue weighted by molar-refractivity contribution is 14.0. The lowest BCUT2D eigenvalue weighted by molar-refractivity contribution is -0.119. The van der Waals surface area contributed by atoms with E-state index in [1.807, 2.05) is 13.0 Å². The van der Waals surface area contributed by atoms with Crippen LogP contribution in [0.4, 0.5) is 0 Å². The van der Waals surface area contributed by atoms with Gasteiger partial charge in [-0.1, -0.05) is 13.8 Å². The SMILES string of the molecule is CCNC(=NCC(=O)NCc1ccco1)NCc1nc(C(C)C)cs1.I. The van der Waals surface area contributed by atoms with Gasteiger partial charge in [-0.25, -0.2) is 9.98 Å². The summed E-state index contributed by atoms with van der Waals surface area (Å²) in [4.78, 5) is 20.8. The summed E-state index contributed by atoms with van der Waals surface area (Å²) < 4.78 is 5.17. The topological polar surface area (TPSA) is 91.5 Å². The first-order chi connectivity index (χ1) is 12.1. The summed E-state index contributed by atoms with van der Waals surface area (Å²) >= 11 is 1.62. The molecule has 1 amide bonds. The fourth-order valence-corrected chi connectivity index (χ4v) is 2.87. The van der Waals surface area contributed by atoms with Crippen LogP contribution in [0, 0.1) is 0 Å². The molecular weight excluding hydrogens is 465 g/mol. The second-order valence-corrected chi connectivity index (χ2v) is 6.67. The molecule has 0 aromatic carbocycles. The third kappa shape index (κ3) is 7.73. The van der Waals surface area contributed by atoms with E-state index in [2.05, 4.69) is 45.2 Å². The molecule has 0 bridgehead atoms. The zero-order valence-corrected chi connectivity index (χ0v) is 18.4. The largest absolute Gasteiger partial charge is 0.467 e. The Morgan fingerprint density at radius 3 is 2.73 bits per heavy atom. The van der Waals surface area contributed by atoms with Gasteiger partial charge in [0.25, 0.3) is 0 Å². The van der Waals surface area contributed by atoms with E-state index >= 15 is 0 Å². The third-order valence-corrected chi connectivity index (χ3v) is 4.20. The smallest absolute Gasteiger partial charge is 0.242 e. The van der Waals surface area contributed by atoms with E-state index in [0.717, 1.165) is 17.2 Å². The number of carbonyl (C=O) groups is 1. The third-order valence-electron chi connectivity index (χ3n) is 3.33. The zero-order chi connectivity index (χ0) is 18.1. The Balaban J connectivity index is 0.00000338. The van der Waals surface area contributed by atoms with Gasteiger partial charge in [-0.3, -0.25) is 4.79 Å². The monoisotopic (exact) mass is 491 g/mol. The van der Waals surface area contributed by atoms with Gasteiger partial charge < -0.3 is 20.4 Å². The van der Waals surface area contributed by atoms with Crippen LogP contribution in [0.1, 0.15) is 43.2 Å². The van der Waals surface area contributed by atoms with Crippen LogP contribution in [0.25, 0.3) is 0 Å². The van der Waals surface area contributed by atoms with Gasteiger partial charge in [0.1, 0.15) is 17.3 Å². The van der Waals surface area contributed by atoms with E-state index in [-0.39, 0.29) is 36.4 Å². The number of rotatable bonds is 8. The minimum absolute atomic E-state index is 0. The number of nitrogens with one attached hydrogen (secondary N) is 3. The van der Waals surface area contributed by atoms with Crippen LogP contribution >= 0.6 is 35.3 Å². The number of nitrogens with zero attached hydrogens (tertiary/aromatic N) is 2. The van der Waals surface area contributed by atoms with E-state index < -0.39 is 0 Å². The Hall–Kier alpha value is -1.62. The van der Waals surface area contributed by atoms with E-state index in [1.165, 1.54) is 0 Å². The molecular formula is C17H26IN5O2S. The van der Waals surface area contributed by atoms with Gasteiger partial charge in [-0.2, -0.15) is 0 Å². The van der Waals surface area contributed by atoms with Crippen molar-refractivity contribution in [3.05, 3.63) is 40.2 Å². The molecule has 3 N–H and O–H groups in total. The number of carbonyl (C=O) groups excluding carboxylic acids is 1. The van der Waals surface area contributed by atoms with E-state index in [4.69, 9.17) is 4.42 Å². The summed E-state index contributed by atoms with van der Waals surface area (Å²) in [6.07, 6.45) is 1.58. The molecule has 2 aromatic heterocycles. The number of aliphatic imine (C=N–C) groups is 1. The number of furan rings is 1. The fourth-order valence-electron chi connectivity index (χ4n) is 1.98. The minimum Gasteiger partial charge on any atom is -0.467 e. The molecule has 2 rings (SSSR count). The van der Waals surface area contributed by atoms with Crippen molar-refractivity contribution < 1.29 is 9.21 Å². The molecule has 0 aliphatic heterocycles. The maximum absolute atomic E-state index is 11.9. The zero-order valence-electron chi connectivity index (χ0n) is 15.2. The quantitative estimate of drug-likeness (QED) is 0.300. The molecule has 9 heteroatoms. The normalized spacial score (nSPS) is 11.2. The molecule has 0 radical (unpaired) electrons. The molecule has 26 heavy (non-hydrogen) atoms. The highest BCUT2D eigenvalue weighted by Crippen LogP contribution is 2.17. The molecule has 2 aromatic rings. The number of aromatic nitrogens is 1. The molecule has 0 saturated heterocycles. The van der Waals surface area contributed by atoms with Gasteiger partial charge in [0.05, 0.1) is 25.0 Å². The van der Waals surface area contributed by atoms with E-state index in [9.17, 15) is 4.79 Å². The van der Waals surface area contributed by atoms with Crippen molar-refractivity contribution in [2.24, 2.45) is 4.99 Å². The number of guanidine groups is 1. The lowest BCUT2D eigenvalue weighted by Crippen LogP contribution is -2.38. The van der Waals surface area contributed by atoms with E-state index in [1.54, 1.807) is 23.7 Å². The highest BCUT2D eigenvalue weighted by atomic mass is 127. The van der Waals surface area contributed by atoms with Crippen LogP contribution in [0.2, 0.25) is 0 Å². The summed E-state index contributed by atoms with van der Waals surface area (Å²) in [5, 5.41) is 12.2. The Morgan fingerprint density at radius 2 is 2.12 bits per heavy atom. The van der Waals surface area contributed by atoms with Crippen LogP contribution < -0.4 is 16.0 Å². The molecule has 0 saturated carbocycles. The van der Waals surface area contributed by atoms with E-state index in [0.29, 0.717) is 30.7 Å². The first-order valence-corrected chi connectivity index (χ1v) is 9.22. The Bertz CT molecular complexity index is 685. The fraction of sp³-hybridized carbons (Fsp3) is 0.471. The molecule has 0 aliphatic rings. The van der Waals surface area contributed by atoms with Crippen molar-refractivity contribution in [1.82, 2.24) is 20.9 Å². The van der Waals surface area contributed by atoms with Crippen molar-refractivity contribution in [2.45, 2.75) is 39.8 Å². The summed E-state index contributed by atoms with van der Waals surface area (Å²) in [5.41, 5.74) is 1.10. The molecule has 2 heterocycles. The standard InChI is InChI=1S/C17H25N5O2S.HI/c1-4-18-17(21-10-16-22-14(11-25-16)12(2)3)20-9-15(23)19-8-13-6-5-7-24-13;/h5-7,11-12H,4,8-10H2,1-3H3,(H,19,23)(H2,18,20,21);1H. The van der Waals surface area contributed by atoms with Crippen LogP contribution in [0.5, 0.6) is 0 Å². The summed E-state index contributed by atoms with van der Waals surface area (Å²) in [6, 6.07) is 3.60. The molecule has 0 atom stereocenters. The summed E-state index contributed by atoms with van der Waals surface area (Å²) in [5.74, 6) is 1.57. The van der Waals surface area contributed by atoms with Crippen LogP contribution in [-0.4, -0.2) is 29.9 Å². The average molecular weight is 491 g/mol. The van der Waals surface area contributed by atoms with Crippen molar-refractivity contribution in [1.29, 1.82) is 0 Å². The second kappa shape index (κ2) is 11.9. The van der Waals surface area contributed by atoms with Gasteiger partial charge in [-0.15, -0.1) is 35.3 Å². The maximum atomic E-state index is 11.9. The molecule has 144 valence electrons. The first kappa shape index (κ1) is 22.4. The molecule has 7 nitrogen and oxygen atoms in total. The van der Waals surface area contributed by atoms with Gasteiger partial charge in [0.2, 0.25) is 5.91 Å². The number of thiazole rings is 1. The number of halogens is 1. The van der Waals surface area contributed by atoms with Gasteiger partial charge in [0, 0.05) is 11.9 Å². The van der Waals surface area contributed by atoms with Crippen molar-refractivity contribution in [3.63, 3.8) is 0 Å². The Morgan fingerprint density at radius 1 is 1.31 bits per heavy atom. The number of hydrogen-bond donors (Lipinski definition) is 3. The predicted octanol–water partition coefficient (Wildman–Crippen LogP) is 2.85. The van der Waals surface area contributed by atoms with Crippen LogP contribution in [-0.2, 0) is 17.9 Å². The maximum Gasteiger partial charge on any atom is 0.242 e. The summed E-state index contributed by atoms with van der Waals surface area (Å²) in [7, 11) is 0. The number of hydrogen-bond acceptors (Lipinski definition) is 5. The highest BCUT2D eigenvalue weighted by Gasteiger charge is 2.07. The summed E-state index contributed by atoms with van der Waals surface area (Å²) in [6.45, 7) is 7.94. The molecule has 0 unspecified atom stereocenters. The lowest BCUT2D eigenvalue weighted by atomic mass is 10.2. The van der Waals surface area contributed by atoms with Crippen LogP contribution in [0.3, 0.4) is 0 Å². The lowest BCUT2D eigenvalue weighted by Gasteiger charge is -2.10. The molecule has 0 aliphatic carbocycles. The molecule has 0 fully saturated rings. The predicted molar refractivity (Wildman–Crippen MR) is 115 cm³/mol. The Kier molecular flexibility index (Phi) is 10.3. The minimum atomic E-state index is -0.162. The second-order valence-electron chi connectivity index (χ2n) is 5.73.